The van der Waals surface area contributed by atoms with E-state index in [-0.39, 0.29) is 0 Å². The Morgan fingerprint density at radius 2 is 1.50 bits per heavy atom. The second-order valence-corrected chi connectivity index (χ2v) is 3.11. The van der Waals surface area contributed by atoms with E-state index in [1.807, 2.05) is 6.08 Å². The fourth-order valence-electron chi connectivity index (χ4n) is 1.20. The summed E-state index contributed by atoms with van der Waals surface area (Å²) in [4.78, 5) is 0. The molecule has 0 aliphatic carbocycles. The van der Waals surface area contributed by atoms with Crippen molar-refractivity contribution in [2.24, 2.45) is 0 Å². The second-order valence-electron chi connectivity index (χ2n) is 3.11. The summed E-state index contributed by atoms with van der Waals surface area (Å²) in [6.45, 7) is 3.99. The van der Waals surface area contributed by atoms with Crippen LogP contribution in [0.15, 0.2) is 12.2 Å². The average Bonchev–Trinajstić information content (AvgIpc) is 2.10. The highest BCUT2D eigenvalue weighted by Gasteiger charge is 1.88. The fourth-order valence-corrected chi connectivity index (χ4v) is 1.20. The molecule has 12 heavy (non-hydrogen) atoms. The normalized spacial score (nSPS) is 11.2. The van der Waals surface area contributed by atoms with Crippen molar-refractivity contribution in [3.8, 4) is 0 Å². The Hall–Kier alpha value is -0.300. The smallest absolute Gasteiger partial charge is 0.0431 e. The van der Waals surface area contributed by atoms with Gasteiger partial charge in [-0.05, 0) is 26.2 Å². The Kier molecular flexibility index (Phi) is 10.4. The fraction of sp³-hybridized carbons (Fsp3) is 0.727. The number of rotatable bonds is 8. The van der Waals surface area contributed by atoms with E-state index in [4.69, 9.17) is 5.11 Å². The molecule has 0 aliphatic rings. The van der Waals surface area contributed by atoms with E-state index in [1.54, 1.807) is 0 Å². The lowest BCUT2D eigenvalue weighted by Gasteiger charge is -1.98. The molecule has 0 saturated carbocycles. The molecule has 0 heterocycles. The molecule has 71 valence electrons. The lowest BCUT2D eigenvalue weighted by molar-refractivity contribution is 0.282. The van der Waals surface area contributed by atoms with Crippen LogP contribution >= 0.6 is 0 Å². The molecule has 0 unspecified atom stereocenters. The minimum Gasteiger partial charge on any atom is -0.396 e. The van der Waals surface area contributed by atoms with E-state index >= 15 is 0 Å². The molecule has 0 amide bonds. The third kappa shape index (κ3) is 9.70. The maximum absolute atomic E-state index is 8.52. The van der Waals surface area contributed by atoms with Gasteiger partial charge in [-0.15, -0.1) is 0 Å². The van der Waals surface area contributed by atoms with Crippen molar-refractivity contribution in [2.45, 2.75) is 44.9 Å². The van der Waals surface area contributed by atoms with E-state index in [1.165, 1.54) is 38.5 Å². The van der Waals surface area contributed by atoms with Gasteiger partial charge in [-0.25, -0.2) is 0 Å². The number of hydrogen-bond donors (Lipinski definition) is 1. The first-order valence-corrected chi connectivity index (χ1v) is 4.97. The number of aliphatic hydroxyl groups excluding tert-OH is 1. The number of aliphatic hydroxyl groups is 1. The Labute approximate surface area is 76.5 Å². The summed E-state index contributed by atoms with van der Waals surface area (Å²) in [5, 5.41) is 8.52. The molecule has 0 spiro atoms. The van der Waals surface area contributed by atoms with Gasteiger partial charge >= 0.3 is 0 Å². The van der Waals surface area contributed by atoms with Crippen molar-refractivity contribution in [3.63, 3.8) is 0 Å². The molecule has 0 aromatic heterocycles. The quantitative estimate of drug-likeness (QED) is 0.553. The molecule has 1 heteroatoms. The van der Waals surface area contributed by atoms with E-state index < -0.39 is 0 Å². The van der Waals surface area contributed by atoms with Crippen LogP contribution in [0.3, 0.4) is 0 Å². The molecule has 0 aromatic carbocycles. The van der Waals surface area contributed by atoms with Gasteiger partial charge < -0.3 is 5.11 Å². The number of hydrogen-bond acceptors (Lipinski definition) is 1. The SMILES string of the molecule is [CH2]/C=C\CCCCCCCCO. The molecule has 1 radical (unpaired) electrons. The van der Waals surface area contributed by atoms with Crippen LogP contribution in [-0.4, -0.2) is 11.7 Å². The molecule has 0 aliphatic heterocycles. The molecular weight excluding hydrogens is 148 g/mol. The third-order valence-electron chi connectivity index (χ3n) is 1.95. The average molecular weight is 169 g/mol. The minimum absolute atomic E-state index is 0.351. The molecule has 0 bridgehead atoms. The predicted octanol–water partition coefficient (Wildman–Crippen LogP) is 3.10. The topological polar surface area (TPSA) is 20.2 Å². The van der Waals surface area contributed by atoms with Crippen LogP contribution in [0.1, 0.15) is 44.9 Å². The summed E-state index contributed by atoms with van der Waals surface area (Å²) in [6.07, 6.45) is 12.5. The molecule has 0 atom stereocenters. The Morgan fingerprint density at radius 3 is 2.08 bits per heavy atom. The zero-order valence-electron chi connectivity index (χ0n) is 7.97. The predicted molar refractivity (Wildman–Crippen MR) is 53.9 cm³/mol. The van der Waals surface area contributed by atoms with Gasteiger partial charge in [0.25, 0.3) is 0 Å². The summed E-state index contributed by atoms with van der Waals surface area (Å²) >= 11 is 0. The van der Waals surface area contributed by atoms with E-state index in [2.05, 4.69) is 13.0 Å². The second kappa shape index (κ2) is 10.7. The molecule has 0 saturated heterocycles. The van der Waals surface area contributed by atoms with Gasteiger partial charge in [0.05, 0.1) is 0 Å². The van der Waals surface area contributed by atoms with Crippen LogP contribution in [0.4, 0.5) is 0 Å². The minimum atomic E-state index is 0.351. The van der Waals surface area contributed by atoms with Crippen LogP contribution in [0, 0.1) is 6.92 Å². The molecule has 1 nitrogen and oxygen atoms in total. The van der Waals surface area contributed by atoms with E-state index in [0.717, 1.165) is 6.42 Å². The standard InChI is InChI=1S/C11H21O/c1-2-3-4-5-6-7-8-9-10-11-12/h2-3,12H,1,4-11H2/b3-2-. The summed E-state index contributed by atoms with van der Waals surface area (Å²) in [6, 6.07) is 0. The maximum Gasteiger partial charge on any atom is 0.0431 e. The lowest BCUT2D eigenvalue weighted by Crippen LogP contribution is -1.83. The monoisotopic (exact) mass is 169 g/mol. The lowest BCUT2D eigenvalue weighted by atomic mass is 10.1. The first-order chi connectivity index (χ1) is 5.91. The Morgan fingerprint density at radius 1 is 0.917 bits per heavy atom. The molecule has 0 aromatic rings. The van der Waals surface area contributed by atoms with Crippen LogP contribution < -0.4 is 0 Å². The zero-order valence-corrected chi connectivity index (χ0v) is 7.97. The molecule has 0 fully saturated rings. The Bertz CT molecular complexity index is 97.2. The van der Waals surface area contributed by atoms with Crippen LogP contribution in [0.2, 0.25) is 0 Å². The maximum atomic E-state index is 8.52. The van der Waals surface area contributed by atoms with E-state index in [9.17, 15) is 0 Å². The summed E-state index contributed by atoms with van der Waals surface area (Å²) in [5.41, 5.74) is 0. The van der Waals surface area contributed by atoms with Crippen molar-refractivity contribution < 1.29 is 5.11 Å². The van der Waals surface area contributed by atoms with Gasteiger partial charge in [-0.2, -0.15) is 0 Å². The van der Waals surface area contributed by atoms with Crippen molar-refractivity contribution in [2.75, 3.05) is 6.61 Å². The van der Waals surface area contributed by atoms with Crippen LogP contribution in [0.25, 0.3) is 0 Å². The largest absolute Gasteiger partial charge is 0.396 e. The molecular formula is C11H21O. The number of unbranched alkanes of at least 4 members (excludes halogenated alkanes) is 6. The van der Waals surface area contributed by atoms with Gasteiger partial charge in [0.2, 0.25) is 0 Å². The first-order valence-electron chi connectivity index (χ1n) is 4.97. The van der Waals surface area contributed by atoms with Crippen molar-refractivity contribution in [1.82, 2.24) is 0 Å². The van der Waals surface area contributed by atoms with Crippen LogP contribution in [-0.2, 0) is 0 Å². The zero-order chi connectivity index (χ0) is 9.07. The summed E-state index contributed by atoms with van der Waals surface area (Å²) in [7, 11) is 0. The van der Waals surface area contributed by atoms with Gasteiger partial charge in [-0.1, -0.05) is 37.8 Å². The van der Waals surface area contributed by atoms with Gasteiger partial charge in [-0.3, -0.25) is 0 Å². The molecule has 1 N–H and O–H groups in total. The van der Waals surface area contributed by atoms with Gasteiger partial charge in [0.15, 0.2) is 0 Å². The van der Waals surface area contributed by atoms with Gasteiger partial charge in [0.1, 0.15) is 0 Å². The van der Waals surface area contributed by atoms with E-state index in [0.29, 0.717) is 6.61 Å². The van der Waals surface area contributed by atoms with Crippen molar-refractivity contribution in [1.29, 1.82) is 0 Å². The van der Waals surface area contributed by atoms with Gasteiger partial charge in [0, 0.05) is 6.61 Å². The Balaban J connectivity index is 2.81. The van der Waals surface area contributed by atoms with Crippen molar-refractivity contribution >= 4 is 0 Å². The first kappa shape index (κ1) is 11.7. The highest BCUT2D eigenvalue weighted by Crippen LogP contribution is 2.06. The summed E-state index contributed by atoms with van der Waals surface area (Å²) < 4.78 is 0. The van der Waals surface area contributed by atoms with Crippen molar-refractivity contribution in [3.05, 3.63) is 19.1 Å². The number of allylic oxidation sites excluding steroid dienone is 2. The highest BCUT2D eigenvalue weighted by atomic mass is 16.2. The highest BCUT2D eigenvalue weighted by molar-refractivity contribution is 4.83. The third-order valence-corrected chi connectivity index (χ3v) is 1.95. The summed E-state index contributed by atoms with van der Waals surface area (Å²) in [5.74, 6) is 0. The molecule has 0 rings (SSSR count). The van der Waals surface area contributed by atoms with Crippen LogP contribution in [0.5, 0.6) is 0 Å².